The van der Waals surface area contributed by atoms with E-state index in [1.54, 1.807) is 12.1 Å². The van der Waals surface area contributed by atoms with Gasteiger partial charge < -0.3 is 10.2 Å². The van der Waals surface area contributed by atoms with Gasteiger partial charge in [0.05, 0.1) is 0 Å². The number of amides is 1. The number of carbonyl (C=O) groups excluding carboxylic acids is 1. The van der Waals surface area contributed by atoms with Gasteiger partial charge in [-0.3, -0.25) is 4.79 Å². The zero-order valence-corrected chi connectivity index (χ0v) is 14.7. The second-order valence-corrected chi connectivity index (χ2v) is 6.31. The molecule has 0 saturated carbocycles. The number of carbonyl (C=O) groups is 1. The highest BCUT2D eigenvalue weighted by atomic mass is 79.9. The van der Waals surface area contributed by atoms with E-state index >= 15 is 0 Å². The Morgan fingerprint density at radius 1 is 1.18 bits per heavy atom. The molecule has 0 heterocycles. The van der Waals surface area contributed by atoms with Crippen LogP contribution in [-0.4, -0.2) is 18.5 Å². The molecule has 0 aliphatic rings. The van der Waals surface area contributed by atoms with Crippen molar-refractivity contribution < 1.29 is 4.79 Å². The van der Waals surface area contributed by atoms with E-state index in [1.807, 2.05) is 36.4 Å². The highest BCUT2D eigenvalue weighted by Gasteiger charge is 2.09. The summed E-state index contributed by atoms with van der Waals surface area (Å²) in [6.07, 6.45) is 0. The van der Waals surface area contributed by atoms with Gasteiger partial charge in [-0.15, -0.1) is 0 Å². The fourth-order valence-corrected chi connectivity index (χ4v) is 2.81. The number of halogens is 1. The lowest BCUT2D eigenvalue weighted by Crippen LogP contribution is -2.30. The highest BCUT2D eigenvalue weighted by molar-refractivity contribution is 9.10. The van der Waals surface area contributed by atoms with Crippen LogP contribution in [0.25, 0.3) is 0 Å². The Kier molecular flexibility index (Phi) is 5.61. The number of hydrogen-bond acceptors (Lipinski definition) is 2. The third kappa shape index (κ3) is 4.10. The zero-order valence-electron chi connectivity index (χ0n) is 13.1. The topological polar surface area (TPSA) is 32.3 Å². The molecule has 2 rings (SSSR count). The van der Waals surface area contributed by atoms with Gasteiger partial charge in [0.1, 0.15) is 0 Å². The largest absolute Gasteiger partial charge is 0.369 e. The Morgan fingerprint density at radius 2 is 1.86 bits per heavy atom. The minimum atomic E-state index is -0.106. The molecule has 4 heteroatoms. The second kappa shape index (κ2) is 7.45. The lowest BCUT2D eigenvalue weighted by atomic mass is 10.2. The van der Waals surface area contributed by atoms with E-state index in [2.05, 4.69) is 46.9 Å². The smallest absolute Gasteiger partial charge is 0.255 e. The summed E-state index contributed by atoms with van der Waals surface area (Å²) in [6.45, 7) is 7.45. The predicted molar refractivity (Wildman–Crippen MR) is 96.7 cm³/mol. The van der Waals surface area contributed by atoms with E-state index < -0.39 is 0 Å². The summed E-state index contributed by atoms with van der Waals surface area (Å²) in [5.41, 5.74) is 2.60. The average molecular weight is 361 g/mol. The van der Waals surface area contributed by atoms with Crippen LogP contribution in [0.15, 0.2) is 53.0 Å². The lowest BCUT2D eigenvalue weighted by Gasteiger charge is -2.27. The van der Waals surface area contributed by atoms with Gasteiger partial charge in [0.25, 0.3) is 5.91 Å². The number of rotatable bonds is 5. The van der Waals surface area contributed by atoms with E-state index in [0.29, 0.717) is 11.6 Å². The van der Waals surface area contributed by atoms with Crippen molar-refractivity contribution in [3.8, 4) is 0 Å². The molecule has 1 amide bonds. The summed E-state index contributed by atoms with van der Waals surface area (Å²) in [5, 5.41) is 2.92. The second-order valence-electron chi connectivity index (χ2n) is 5.39. The van der Waals surface area contributed by atoms with Gasteiger partial charge in [0.2, 0.25) is 0 Å². The van der Waals surface area contributed by atoms with Crippen molar-refractivity contribution in [3.63, 3.8) is 0 Å². The fourth-order valence-electron chi connectivity index (χ4n) is 2.42. The first-order chi connectivity index (χ1) is 10.5. The predicted octanol–water partition coefficient (Wildman–Crippen LogP) is 4.94. The molecule has 2 aromatic carbocycles. The summed E-state index contributed by atoms with van der Waals surface area (Å²) in [6, 6.07) is 15.8. The Labute approximate surface area is 140 Å². The standard InChI is InChI=1S/C18H21BrN2O/c1-4-21(13(2)3)17-10-8-16(9-11-17)20-18(22)14-6-5-7-15(19)12-14/h5-13H,4H2,1-3H3,(H,20,22). The number of nitrogens with one attached hydrogen (secondary N) is 1. The van der Waals surface area contributed by atoms with Crippen molar-refractivity contribution in [1.82, 2.24) is 0 Å². The monoisotopic (exact) mass is 360 g/mol. The van der Waals surface area contributed by atoms with E-state index in [0.717, 1.165) is 22.4 Å². The van der Waals surface area contributed by atoms with E-state index in [-0.39, 0.29) is 5.91 Å². The van der Waals surface area contributed by atoms with Crippen molar-refractivity contribution in [3.05, 3.63) is 58.6 Å². The Morgan fingerprint density at radius 3 is 2.41 bits per heavy atom. The molecule has 22 heavy (non-hydrogen) atoms. The number of nitrogens with zero attached hydrogens (tertiary/aromatic N) is 1. The molecule has 0 aromatic heterocycles. The van der Waals surface area contributed by atoms with Crippen molar-refractivity contribution in [1.29, 1.82) is 0 Å². The molecular formula is C18H21BrN2O. The van der Waals surface area contributed by atoms with Gasteiger partial charge >= 0.3 is 0 Å². The van der Waals surface area contributed by atoms with Crippen LogP contribution in [0.2, 0.25) is 0 Å². The summed E-state index contributed by atoms with van der Waals surface area (Å²) >= 11 is 3.38. The zero-order chi connectivity index (χ0) is 16.1. The van der Waals surface area contributed by atoms with Crippen LogP contribution in [0.3, 0.4) is 0 Å². The molecule has 0 unspecified atom stereocenters. The molecule has 0 atom stereocenters. The van der Waals surface area contributed by atoms with Crippen molar-refractivity contribution >= 4 is 33.2 Å². The van der Waals surface area contributed by atoms with E-state index in [1.165, 1.54) is 0 Å². The average Bonchev–Trinajstić information content (AvgIpc) is 2.49. The highest BCUT2D eigenvalue weighted by Crippen LogP contribution is 2.20. The Bertz CT molecular complexity index is 638. The molecule has 0 aliphatic heterocycles. The fraction of sp³-hybridized carbons (Fsp3) is 0.278. The molecule has 0 fully saturated rings. The van der Waals surface area contributed by atoms with E-state index in [9.17, 15) is 4.79 Å². The SMILES string of the molecule is CCN(c1ccc(NC(=O)c2cccc(Br)c2)cc1)C(C)C. The summed E-state index contributed by atoms with van der Waals surface area (Å²) in [7, 11) is 0. The Hall–Kier alpha value is -1.81. The van der Waals surface area contributed by atoms with Crippen LogP contribution in [0.1, 0.15) is 31.1 Å². The van der Waals surface area contributed by atoms with Gasteiger partial charge in [-0.2, -0.15) is 0 Å². The summed E-state index contributed by atoms with van der Waals surface area (Å²) in [4.78, 5) is 14.5. The molecular weight excluding hydrogens is 340 g/mol. The molecule has 0 radical (unpaired) electrons. The maximum Gasteiger partial charge on any atom is 0.255 e. The Balaban J connectivity index is 2.09. The van der Waals surface area contributed by atoms with Gasteiger partial charge in [-0.05, 0) is 63.2 Å². The van der Waals surface area contributed by atoms with Crippen molar-refractivity contribution in [2.24, 2.45) is 0 Å². The van der Waals surface area contributed by atoms with Gasteiger partial charge in [0.15, 0.2) is 0 Å². The summed E-state index contributed by atoms with van der Waals surface area (Å²) in [5.74, 6) is -0.106. The van der Waals surface area contributed by atoms with Crippen LogP contribution in [0, 0.1) is 0 Å². The maximum atomic E-state index is 12.2. The molecule has 3 nitrogen and oxygen atoms in total. The van der Waals surface area contributed by atoms with Gasteiger partial charge in [-0.25, -0.2) is 0 Å². The first-order valence-electron chi connectivity index (χ1n) is 7.45. The molecule has 0 aliphatic carbocycles. The molecule has 0 bridgehead atoms. The molecule has 2 aromatic rings. The molecule has 0 spiro atoms. The third-order valence-electron chi connectivity index (χ3n) is 3.51. The first kappa shape index (κ1) is 16.6. The summed E-state index contributed by atoms with van der Waals surface area (Å²) < 4.78 is 0.894. The lowest BCUT2D eigenvalue weighted by molar-refractivity contribution is 0.102. The van der Waals surface area contributed by atoms with Gasteiger partial charge in [-0.1, -0.05) is 22.0 Å². The minimum Gasteiger partial charge on any atom is -0.369 e. The molecule has 0 saturated heterocycles. The number of hydrogen-bond donors (Lipinski definition) is 1. The van der Waals surface area contributed by atoms with Crippen LogP contribution in [-0.2, 0) is 0 Å². The first-order valence-corrected chi connectivity index (χ1v) is 8.24. The number of benzene rings is 2. The van der Waals surface area contributed by atoms with E-state index in [4.69, 9.17) is 0 Å². The van der Waals surface area contributed by atoms with Crippen LogP contribution in [0.4, 0.5) is 11.4 Å². The van der Waals surface area contributed by atoms with Crippen LogP contribution < -0.4 is 10.2 Å². The number of anilines is 2. The van der Waals surface area contributed by atoms with Crippen molar-refractivity contribution in [2.45, 2.75) is 26.8 Å². The quantitative estimate of drug-likeness (QED) is 0.819. The normalized spacial score (nSPS) is 10.6. The van der Waals surface area contributed by atoms with Crippen LogP contribution in [0.5, 0.6) is 0 Å². The maximum absolute atomic E-state index is 12.2. The van der Waals surface area contributed by atoms with Crippen molar-refractivity contribution in [2.75, 3.05) is 16.8 Å². The molecule has 1 N–H and O–H groups in total. The third-order valence-corrected chi connectivity index (χ3v) is 4.00. The van der Waals surface area contributed by atoms with Crippen LogP contribution >= 0.6 is 15.9 Å². The minimum absolute atomic E-state index is 0.106. The van der Waals surface area contributed by atoms with Gasteiger partial charge in [0, 0.05) is 34.0 Å². The molecule has 116 valence electrons.